The lowest BCUT2D eigenvalue weighted by atomic mass is 10.3. The number of carbonyl (C=O) groups excluding carboxylic acids is 1. The van der Waals surface area contributed by atoms with Crippen LogP contribution in [0.1, 0.15) is 10.5 Å². The van der Waals surface area contributed by atoms with Crippen LogP contribution in [-0.2, 0) is 4.74 Å². The van der Waals surface area contributed by atoms with Gasteiger partial charge in [0.15, 0.2) is 18.1 Å². The summed E-state index contributed by atoms with van der Waals surface area (Å²) < 4.78 is 70.5. The van der Waals surface area contributed by atoms with Gasteiger partial charge < -0.3 is 9.47 Å². The fraction of sp³-hybridized carbons (Fsp3) is 0.400. The first-order chi connectivity index (χ1) is 8.77. The van der Waals surface area contributed by atoms with Gasteiger partial charge in [-0.15, -0.1) is 0 Å². The minimum atomic E-state index is -4.36. The van der Waals surface area contributed by atoms with E-state index in [1.165, 1.54) is 0 Å². The van der Waals surface area contributed by atoms with E-state index in [1.54, 1.807) is 0 Å². The first kappa shape index (κ1) is 15.1. The van der Waals surface area contributed by atoms with Gasteiger partial charge in [0.2, 0.25) is 0 Å². The van der Waals surface area contributed by atoms with Crippen LogP contribution in [0.5, 0.6) is 5.75 Å². The molecule has 0 amide bonds. The number of hydrogen-bond donors (Lipinski definition) is 0. The molecule has 0 aliphatic heterocycles. The third kappa shape index (κ3) is 3.76. The quantitative estimate of drug-likeness (QED) is 0.615. The molecular weight excluding hydrogens is 277 g/mol. The molecule has 1 aromatic rings. The van der Waals surface area contributed by atoms with Crippen molar-refractivity contribution in [2.24, 2.45) is 0 Å². The molecule has 9 heteroatoms. The first-order valence-corrected chi connectivity index (χ1v) is 4.80. The summed E-state index contributed by atoms with van der Waals surface area (Å²) in [6, 6.07) is 0.570. The van der Waals surface area contributed by atoms with Crippen LogP contribution in [0.4, 0.5) is 22.0 Å². The Kier molecular flexibility index (Phi) is 4.62. The van der Waals surface area contributed by atoms with Crippen molar-refractivity contribution in [3.63, 3.8) is 0 Å². The number of hydrogen-bond acceptors (Lipinski definition) is 4. The van der Waals surface area contributed by atoms with Crippen molar-refractivity contribution in [3.05, 3.63) is 23.8 Å². The molecule has 1 rings (SSSR count). The number of ether oxygens (including phenoxy) is 2. The Labute approximate surface area is 104 Å². The van der Waals surface area contributed by atoms with Crippen molar-refractivity contribution < 1.29 is 36.2 Å². The number of carbonyl (C=O) groups is 1. The molecule has 19 heavy (non-hydrogen) atoms. The van der Waals surface area contributed by atoms with Gasteiger partial charge in [-0.3, -0.25) is 0 Å². The number of esters is 1. The van der Waals surface area contributed by atoms with Gasteiger partial charge in [0, 0.05) is 6.07 Å². The van der Waals surface area contributed by atoms with Crippen molar-refractivity contribution in [2.75, 3.05) is 13.7 Å². The van der Waals surface area contributed by atoms with Crippen LogP contribution in [-0.4, -0.2) is 37.0 Å². The zero-order chi connectivity index (χ0) is 14.6. The SMILES string of the molecule is COC(=O)c1ncc(OCC(F)(F)C(F)F)cc1F. The second kappa shape index (κ2) is 5.81. The zero-order valence-corrected chi connectivity index (χ0v) is 9.50. The smallest absolute Gasteiger partial charge is 0.359 e. The summed E-state index contributed by atoms with van der Waals surface area (Å²) in [6.45, 7) is -1.64. The molecule has 1 aromatic heterocycles. The highest BCUT2D eigenvalue weighted by Crippen LogP contribution is 2.24. The molecule has 0 unspecified atom stereocenters. The molecule has 0 spiro atoms. The Balaban J connectivity index is 2.77. The highest BCUT2D eigenvalue weighted by atomic mass is 19.3. The summed E-state index contributed by atoms with van der Waals surface area (Å²) in [4.78, 5) is 14.3. The Bertz CT molecular complexity index is 466. The van der Waals surface area contributed by atoms with E-state index in [1.807, 2.05) is 0 Å². The number of halogens is 5. The van der Waals surface area contributed by atoms with E-state index in [2.05, 4.69) is 14.5 Å². The number of pyridine rings is 1. The highest BCUT2D eigenvalue weighted by molar-refractivity contribution is 5.87. The van der Waals surface area contributed by atoms with E-state index < -0.39 is 42.2 Å². The number of alkyl halides is 4. The van der Waals surface area contributed by atoms with Crippen LogP contribution >= 0.6 is 0 Å². The number of aromatic nitrogens is 1. The van der Waals surface area contributed by atoms with Crippen molar-refractivity contribution in [2.45, 2.75) is 12.3 Å². The number of rotatable bonds is 5. The van der Waals surface area contributed by atoms with E-state index in [-0.39, 0.29) is 0 Å². The summed E-state index contributed by atoms with van der Waals surface area (Å²) in [5, 5.41) is 0. The predicted molar refractivity (Wildman–Crippen MR) is 52.0 cm³/mol. The third-order valence-corrected chi connectivity index (χ3v) is 1.95. The van der Waals surface area contributed by atoms with Gasteiger partial charge in [0.05, 0.1) is 13.3 Å². The van der Waals surface area contributed by atoms with Crippen LogP contribution in [0.2, 0.25) is 0 Å². The number of methoxy groups -OCH3 is 1. The van der Waals surface area contributed by atoms with Crippen LogP contribution < -0.4 is 4.74 Å². The van der Waals surface area contributed by atoms with Gasteiger partial charge in [-0.2, -0.15) is 8.78 Å². The maximum Gasteiger partial charge on any atom is 0.359 e. The molecule has 0 bridgehead atoms. The maximum absolute atomic E-state index is 13.3. The minimum absolute atomic E-state index is 0.509. The second-order valence-electron chi connectivity index (χ2n) is 3.34. The van der Waals surface area contributed by atoms with Gasteiger partial charge >= 0.3 is 18.3 Å². The standard InChI is InChI=1S/C10H8F5NO3/c1-18-8(17)7-6(11)2-5(3-16-7)19-4-10(14,15)9(12)13/h2-3,9H,4H2,1H3. The Morgan fingerprint density at radius 1 is 1.47 bits per heavy atom. The van der Waals surface area contributed by atoms with Gasteiger partial charge in [0.25, 0.3) is 0 Å². The zero-order valence-electron chi connectivity index (χ0n) is 9.50. The summed E-state index contributed by atoms with van der Waals surface area (Å²) in [6.07, 6.45) is -3.16. The molecule has 0 radical (unpaired) electrons. The second-order valence-corrected chi connectivity index (χ2v) is 3.34. The average Bonchev–Trinajstić information content (AvgIpc) is 2.35. The van der Waals surface area contributed by atoms with E-state index in [4.69, 9.17) is 0 Å². The van der Waals surface area contributed by atoms with Crippen molar-refractivity contribution in [1.29, 1.82) is 0 Å². The molecule has 0 N–H and O–H groups in total. The average molecular weight is 285 g/mol. The summed E-state index contributed by atoms with van der Waals surface area (Å²) in [5.74, 6) is -7.12. The van der Waals surface area contributed by atoms with Crippen LogP contribution in [0, 0.1) is 5.82 Å². The lowest BCUT2D eigenvalue weighted by Gasteiger charge is -2.15. The fourth-order valence-corrected chi connectivity index (χ4v) is 0.989. The van der Waals surface area contributed by atoms with Crippen LogP contribution in [0.15, 0.2) is 12.3 Å². The Morgan fingerprint density at radius 2 is 2.11 bits per heavy atom. The lowest BCUT2D eigenvalue weighted by Crippen LogP contribution is -2.33. The molecule has 0 aliphatic rings. The molecule has 0 saturated heterocycles. The predicted octanol–water partition coefficient (Wildman–Crippen LogP) is 2.29. The van der Waals surface area contributed by atoms with E-state index in [0.29, 0.717) is 6.07 Å². The van der Waals surface area contributed by atoms with Gasteiger partial charge in [-0.1, -0.05) is 0 Å². The minimum Gasteiger partial charge on any atom is -0.485 e. The Morgan fingerprint density at radius 3 is 2.58 bits per heavy atom. The largest absolute Gasteiger partial charge is 0.485 e. The van der Waals surface area contributed by atoms with Gasteiger partial charge in [-0.05, 0) is 0 Å². The van der Waals surface area contributed by atoms with E-state index >= 15 is 0 Å². The summed E-state index contributed by atoms with van der Waals surface area (Å²) >= 11 is 0. The molecular formula is C10H8F5NO3. The monoisotopic (exact) mass is 285 g/mol. The molecule has 0 saturated carbocycles. The summed E-state index contributed by atoms with van der Waals surface area (Å²) in [7, 11) is 0.997. The van der Waals surface area contributed by atoms with E-state index in [9.17, 15) is 26.7 Å². The highest BCUT2D eigenvalue weighted by Gasteiger charge is 2.41. The molecule has 0 fully saturated rings. The molecule has 0 aromatic carbocycles. The van der Waals surface area contributed by atoms with Crippen molar-refractivity contribution >= 4 is 5.97 Å². The third-order valence-electron chi connectivity index (χ3n) is 1.95. The Hall–Kier alpha value is -1.93. The van der Waals surface area contributed by atoms with Gasteiger partial charge in [-0.25, -0.2) is 22.9 Å². The lowest BCUT2D eigenvalue weighted by molar-refractivity contribution is -0.148. The maximum atomic E-state index is 13.3. The molecule has 4 nitrogen and oxygen atoms in total. The van der Waals surface area contributed by atoms with E-state index in [0.717, 1.165) is 13.3 Å². The fourth-order valence-electron chi connectivity index (χ4n) is 0.989. The topological polar surface area (TPSA) is 48.4 Å². The number of nitrogens with zero attached hydrogens (tertiary/aromatic N) is 1. The normalized spacial score (nSPS) is 11.5. The van der Waals surface area contributed by atoms with Crippen LogP contribution in [0.25, 0.3) is 0 Å². The first-order valence-electron chi connectivity index (χ1n) is 4.80. The van der Waals surface area contributed by atoms with Crippen molar-refractivity contribution in [1.82, 2.24) is 4.98 Å². The van der Waals surface area contributed by atoms with Crippen molar-refractivity contribution in [3.8, 4) is 5.75 Å². The molecule has 0 aliphatic carbocycles. The molecule has 0 atom stereocenters. The molecule has 1 heterocycles. The molecule has 106 valence electrons. The summed E-state index contributed by atoms with van der Waals surface area (Å²) in [5.41, 5.74) is -0.671. The van der Waals surface area contributed by atoms with Crippen LogP contribution in [0.3, 0.4) is 0 Å². The van der Waals surface area contributed by atoms with Gasteiger partial charge in [0.1, 0.15) is 5.75 Å².